The lowest BCUT2D eigenvalue weighted by Crippen LogP contribution is -2.49. The molecule has 0 saturated heterocycles. The van der Waals surface area contributed by atoms with Gasteiger partial charge in [0.2, 0.25) is 0 Å². The molecule has 112 valence electrons. The van der Waals surface area contributed by atoms with E-state index < -0.39 is 5.54 Å². The van der Waals surface area contributed by atoms with Gasteiger partial charge in [0.1, 0.15) is 5.54 Å². The molecule has 1 aromatic carbocycles. The van der Waals surface area contributed by atoms with E-state index in [0.29, 0.717) is 11.5 Å². The summed E-state index contributed by atoms with van der Waals surface area (Å²) in [4.78, 5) is 12.5. The van der Waals surface area contributed by atoms with E-state index in [1.165, 1.54) is 0 Å². The van der Waals surface area contributed by atoms with Gasteiger partial charge in [-0.15, -0.1) is 0 Å². The first kappa shape index (κ1) is 15.6. The summed E-state index contributed by atoms with van der Waals surface area (Å²) in [5.74, 6) is 0.593. The molecule has 0 aliphatic heterocycles. The molecule has 0 aromatic heterocycles. The summed E-state index contributed by atoms with van der Waals surface area (Å²) in [7, 11) is 0. The molecule has 1 aliphatic rings. The minimum Gasteiger partial charge on any atom is -0.334 e. The second-order valence-corrected chi connectivity index (χ2v) is 6.01. The van der Waals surface area contributed by atoms with E-state index in [1.807, 2.05) is 31.2 Å². The molecule has 0 heterocycles. The molecule has 2 rings (SSSR count). The van der Waals surface area contributed by atoms with Gasteiger partial charge in [0.15, 0.2) is 0 Å². The van der Waals surface area contributed by atoms with Crippen LogP contribution in [0.1, 0.15) is 61.9 Å². The van der Waals surface area contributed by atoms with Crippen molar-refractivity contribution in [1.29, 1.82) is 5.26 Å². The van der Waals surface area contributed by atoms with Gasteiger partial charge in [0.25, 0.3) is 5.91 Å². The molecule has 1 amide bonds. The maximum atomic E-state index is 12.5. The maximum Gasteiger partial charge on any atom is 0.252 e. The quantitative estimate of drug-likeness (QED) is 0.913. The third kappa shape index (κ3) is 3.44. The lowest BCUT2D eigenvalue weighted by molar-refractivity contribution is 0.0890. The van der Waals surface area contributed by atoms with E-state index in [2.05, 4.69) is 18.3 Å². The van der Waals surface area contributed by atoms with Gasteiger partial charge in [-0.2, -0.15) is 5.26 Å². The topological polar surface area (TPSA) is 52.9 Å². The van der Waals surface area contributed by atoms with E-state index in [1.54, 1.807) is 0 Å². The molecule has 21 heavy (non-hydrogen) atoms. The highest BCUT2D eigenvalue weighted by molar-refractivity contribution is 5.96. The lowest BCUT2D eigenvalue weighted by atomic mass is 9.76. The van der Waals surface area contributed by atoms with Crippen LogP contribution in [0.3, 0.4) is 0 Å². The van der Waals surface area contributed by atoms with Crippen molar-refractivity contribution in [3.63, 3.8) is 0 Å². The number of carbonyl (C=O) groups excluding carboxylic acids is 1. The average molecular weight is 284 g/mol. The molecule has 0 radical (unpaired) electrons. The molecular weight excluding hydrogens is 260 g/mol. The number of aryl methyl sites for hydroxylation is 1. The highest BCUT2D eigenvalue weighted by Gasteiger charge is 2.36. The van der Waals surface area contributed by atoms with Gasteiger partial charge in [0.05, 0.1) is 6.07 Å². The Bertz CT molecular complexity index is 536. The number of carbonyl (C=O) groups is 1. The fourth-order valence-electron chi connectivity index (χ4n) is 3.18. The van der Waals surface area contributed by atoms with Crippen LogP contribution in [0.25, 0.3) is 0 Å². The predicted molar refractivity (Wildman–Crippen MR) is 83.9 cm³/mol. The van der Waals surface area contributed by atoms with Crippen molar-refractivity contribution >= 4 is 5.91 Å². The molecular formula is C18H24N2O. The largest absolute Gasteiger partial charge is 0.334 e. The van der Waals surface area contributed by atoms with Crippen molar-refractivity contribution < 1.29 is 4.79 Å². The van der Waals surface area contributed by atoms with Gasteiger partial charge in [-0.3, -0.25) is 4.79 Å². The highest BCUT2D eigenvalue weighted by atomic mass is 16.1. The summed E-state index contributed by atoms with van der Waals surface area (Å²) >= 11 is 0. The Kier molecular flexibility index (Phi) is 5.01. The van der Waals surface area contributed by atoms with E-state index >= 15 is 0 Å². The Morgan fingerprint density at radius 3 is 2.57 bits per heavy atom. The fourth-order valence-corrected chi connectivity index (χ4v) is 3.18. The molecule has 1 aliphatic carbocycles. The minimum atomic E-state index is -0.677. The normalized spacial score (nSPS) is 25.1. The molecule has 1 aromatic rings. The van der Waals surface area contributed by atoms with E-state index in [-0.39, 0.29) is 5.91 Å². The molecule has 1 saturated carbocycles. The van der Waals surface area contributed by atoms with Crippen LogP contribution in [0.2, 0.25) is 0 Å². The van der Waals surface area contributed by atoms with E-state index in [4.69, 9.17) is 0 Å². The lowest BCUT2D eigenvalue weighted by Gasteiger charge is -2.35. The Labute approximate surface area is 127 Å². The summed E-state index contributed by atoms with van der Waals surface area (Å²) in [6.45, 7) is 4.23. The molecule has 0 spiro atoms. The number of benzene rings is 1. The third-order valence-corrected chi connectivity index (χ3v) is 4.75. The first-order valence-electron chi connectivity index (χ1n) is 7.95. The summed E-state index contributed by atoms with van der Waals surface area (Å²) in [6.07, 6.45) is 5.57. The summed E-state index contributed by atoms with van der Waals surface area (Å²) < 4.78 is 0. The standard InChI is InChI=1S/C18H24N2O/c1-3-14-9-11-18(13-19,12-10-14)20-17(21)16-8-6-5-7-15(16)4-2/h5-8,14H,3-4,9-12H2,1-2H3,(H,20,21). The fraction of sp³-hybridized carbons (Fsp3) is 0.556. The highest BCUT2D eigenvalue weighted by Crippen LogP contribution is 2.33. The van der Waals surface area contributed by atoms with Crippen molar-refractivity contribution in [1.82, 2.24) is 5.32 Å². The average Bonchev–Trinajstić information content (AvgIpc) is 2.55. The summed E-state index contributed by atoms with van der Waals surface area (Å²) in [5.41, 5.74) is 1.06. The number of nitriles is 1. The van der Waals surface area contributed by atoms with Gasteiger partial charge < -0.3 is 5.32 Å². The van der Waals surface area contributed by atoms with Crippen LogP contribution in [0.15, 0.2) is 24.3 Å². The van der Waals surface area contributed by atoms with Crippen LogP contribution >= 0.6 is 0 Å². The third-order valence-electron chi connectivity index (χ3n) is 4.75. The number of hydrogen-bond acceptors (Lipinski definition) is 2. The number of nitrogens with zero attached hydrogens (tertiary/aromatic N) is 1. The number of rotatable bonds is 4. The second-order valence-electron chi connectivity index (χ2n) is 6.01. The van der Waals surface area contributed by atoms with Crippen LogP contribution in [-0.2, 0) is 6.42 Å². The van der Waals surface area contributed by atoms with Gasteiger partial charge in [0, 0.05) is 5.56 Å². The monoisotopic (exact) mass is 284 g/mol. The van der Waals surface area contributed by atoms with E-state index in [9.17, 15) is 10.1 Å². The van der Waals surface area contributed by atoms with Crippen molar-refractivity contribution in [2.45, 2.75) is 57.9 Å². The smallest absolute Gasteiger partial charge is 0.252 e. The number of amides is 1. The SMILES string of the molecule is CCc1ccccc1C(=O)NC1(C#N)CCC(CC)CC1. The van der Waals surface area contributed by atoms with E-state index in [0.717, 1.165) is 44.1 Å². The zero-order chi connectivity index (χ0) is 15.3. The molecule has 1 N–H and O–H groups in total. The van der Waals surface area contributed by atoms with Crippen LogP contribution in [0.4, 0.5) is 0 Å². The number of hydrogen-bond donors (Lipinski definition) is 1. The Balaban J connectivity index is 2.12. The summed E-state index contributed by atoms with van der Waals surface area (Å²) in [5, 5.41) is 12.6. The summed E-state index contributed by atoms with van der Waals surface area (Å²) in [6, 6.07) is 10.0. The Hall–Kier alpha value is -1.82. The van der Waals surface area contributed by atoms with Crippen LogP contribution in [0, 0.1) is 17.2 Å². The number of nitrogens with one attached hydrogen (secondary N) is 1. The van der Waals surface area contributed by atoms with Crippen LogP contribution in [-0.4, -0.2) is 11.4 Å². The Morgan fingerprint density at radius 2 is 2.00 bits per heavy atom. The Morgan fingerprint density at radius 1 is 1.33 bits per heavy atom. The molecule has 3 heteroatoms. The second kappa shape index (κ2) is 6.76. The van der Waals surface area contributed by atoms with Crippen molar-refractivity contribution in [3.05, 3.63) is 35.4 Å². The van der Waals surface area contributed by atoms with Gasteiger partial charge >= 0.3 is 0 Å². The molecule has 1 fully saturated rings. The van der Waals surface area contributed by atoms with Gasteiger partial charge in [-0.25, -0.2) is 0 Å². The predicted octanol–water partition coefficient (Wildman–Crippen LogP) is 3.84. The minimum absolute atomic E-state index is 0.107. The molecule has 0 unspecified atom stereocenters. The van der Waals surface area contributed by atoms with Crippen LogP contribution in [0.5, 0.6) is 0 Å². The zero-order valence-corrected chi connectivity index (χ0v) is 13.0. The van der Waals surface area contributed by atoms with Crippen molar-refractivity contribution in [2.24, 2.45) is 5.92 Å². The molecule has 3 nitrogen and oxygen atoms in total. The van der Waals surface area contributed by atoms with Crippen molar-refractivity contribution in [2.75, 3.05) is 0 Å². The van der Waals surface area contributed by atoms with Crippen molar-refractivity contribution in [3.8, 4) is 6.07 Å². The first-order valence-corrected chi connectivity index (χ1v) is 7.95. The van der Waals surface area contributed by atoms with Gasteiger partial charge in [-0.05, 0) is 49.7 Å². The molecule has 0 atom stereocenters. The van der Waals surface area contributed by atoms with Gasteiger partial charge in [-0.1, -0.05) is 38.5 Å². The maximum absolute atomic E-state index is 12.5. The molecule has 0 bridgehead atoms. The zero-order valence-electron chi connectivity index (χ0n) is 13.0. The van der Waals surface area contributed by atoms with Crippen LogP contribution < -0.4 is 5.32 Å². The first-order chi connectivity index (χ1) is 10.1.